The van der Waals surface area contributed by atoms with Crippen molar-refractivity contribution < 1.29 is 9.90 Å². The molecule has 1 amide bonds. The first-order chi connectivity index (χ1) is 16.1. The zero-order valence-electron chi connectivity index (χ0n) is 19.4. The topological polar surface area (TPSA) is 43.8 Å². The summed E-state index contributed by atoms with van der Waals surface area (Å²) >= 11 is 0. The minimum Gasteiger partial charge on any atom is -0.392 e. The van der Waals surface area contributed by atoms with Crippen molar-refractivity contribution in [1.29, 1.82) is 0 Å². The van der Waals surface area contributed by atoms with Gasteiger partial charge in [0.2, 0.25) is 6.41 Å². The van der Waals surface area contributed by atoms with Gasteiger partial charge >= 0.3 is 0 Å². The average Bonchev–Trinajstić information content (AvgIpc) is 3.30. The lowest BCUT2D eigenvalue weighted by Crippen LogP contribution is -2.33. The number of hydrogen-bond donors (Lipinski definition) is 1. The Morgan fingerprint density at radius 2 is 1.82 bits per heavy atom. The summed E-state index contributed by atoms with van der Waals surface area (Å²) in [4.78, 5) is 16.5. The van der Waals surface area contributed by atoms with Crippen LogP contribution in [0.5, 0.6) is 0 Å². The number of carbonyl (C=O) groups is 1. The van der Waals surface area contributed by atoms with Crippen molar-refractivity contribution in [3.63, 3.8) is 0 Å². The minimum absolute atomic E-state index is 0.0256. The number of nitrogens with zero attached hydrogens (tertiary/aromatic N) is 2. The number of rotatable bonds is 8. The molecule has 4 rings (SSSR count). The van der Waals surface area contributed by atoms with Crippen LogP contribution >= 0.6 is 0 Å². The van der Waals surface area contributed by atoms with Gasteiger partial charge in [-0.25, -0.2) is 0 Å². The molecule has 1 heterocycles. The van der Waals surface area contributed by atoms with E-state index in [1.807, 2.05) is 66.9 Å². The van der Waals surface area contributed by atoms with Crippen LogP contribution in [0.2, 0.25) is 0 Å². The molecule has 1 aliphatic heterocycles. The molecular weight excluding hydrogens is 408 g/mol. The van der Waals surface area contributed by atoms with Gasteiger partial charge in [0.25, 0.3) is 0 Å². The summed E-state index contributed by atoms with van der Waals surface area (Å²) in [5.74, 6) is 0.800. The fourth-order valence-corrected chi connectivity index (χ4v) is 5.15. The van der Waals surface area contributed by atoms with Gasteiger partial charge in [0, 0.05) is 24.2 Å². The highest BCUT2D eigenvalue weighted by molar-refractivity contribution is 5.89. The van der Waals surface area contributed by atoms with E-state index in [1.54, 1.807) is 4.90 Å². The fraction of sp³-hybridized carbons (Fsp3) is 0.276. The molecule has 1 aliphatic rings. The number of benzene rings is 3. The van der Waals surface area contributed by atoms with Crippen LogP contribution in [-0.4, -0.2) is 29.0 Å². The predicted molar refractivity (Wildman–Crippen MR) is 135 cm³/mol. The molecule has 0 aliphatic carbocycles. The molecule has 3 aromatic carbocycles. The largest absolute Gasteiger partial charge is 0.392 e. The summed E-state index contributed by atoms with van der Waals surface area (Å²) in [6.45, 7) is 9.53. The van der Waals surface area contributed by atoms with Crippen molar-refractivity contribution in [3.05, 3.63) is 96.7 Å². The Labute approximate surface area is 196 Å². The molecule has 4 heteroatoms. The second kappa shape index (κ2) is 10.1. The Balaban J connectivity index is 1.72. The highest BCUT2D eigenvalue weighted by atomic mass is 16.3. The highest BCUT2D eigenvalue weighted by Gasteiger charge is 2.37. The monoisotopic (exact) mass is 440 g/mol. The molecule has 3 aromatic rings. The minimum atomic E-state index is 0.0256. The van der Waals surface area contributed by atoms with Crippen molar-refractivity contribution in [3.8, 4) is 11.1 Å². The van der Waals surface area contributed by atoms with Gasteiger partial charge in [0.15, 0.2) is 0 Å². The first-order valence-corrected chi connectivity index (χ1v) is 11.6. The normalized spacial score (nSPS) is 17.9. The molecule has 170 valence electrons. The van der Waals surface area contributed by atoms with Gasteiger partial charge in [-0.3, -0.25) is 9.69 Å². The van der Waals surface area contributed by atoms with E-state index in [9.17, 15) is 9.90 Å². The maximum atomic E-state index is 12.4. The van der Waals surface area contributed by atoms with Crippen LogP contribution in [-0.2, 0) is 11.4 Å². The Kier molecular flexibility index (Phi) is 6.95. The summed E-state index contributed by atoms with van der Waals surface area (Å²) in [6.07, 6.45) is 3.91. The van der Waals surface area contributed by atoms with Crippen molar-refractivity contribution in [2.24, 2.45) is 5.92 Å². The van der Waals surface area contributed by atoms with Crippen molar-refractivity contribution >= 4 is 17.8 Å². The second-order valence-corrected chi connectivity index (χ2v) is 8.99. The standard InChI is InChI=1S/C29H32N2O2/c1-4-30-17-16-27(29(30)21(2)3)26-10-5-6-11-28(26)31(20-33)25-9-7-8-24(18-25)23-14-12-22(19-32)13-15-23/h4-15,18,20-21,27,29,32H,1,16-17,19H2,2-3H3. The third kappa shape index (κ3) is 4.57. The van der Waals surface area contributed by atoms with Crippen molar-refractivity contribution in [2.75, 3.05) is 11.4 Å². The van der Waals surface area contributed by atoms with Crippen LogP contribution in [0, 0.1) is 5.92 Å². The molecule has 0 radical (unpaired) electrons. The maximum Gasteiger partial charge on any atom is 0.218 e. The summed E-state index contributed by atoms with van der Waals surface area (Å²) in [5.41, 5.74) is 5.92. The van der Waals surface area contributed by atoms with Crippen LogP contribution in [0.25, 0.3) is 11.1 Å². The third-order valence-corrected chi connectivity index (χ3v) is 6.71. The van der Waals surface area contributed by atoms with Crippen molar-refractivity contribution in [1.82, 2.24) is 4.90 Å². The van der Waals surface area contributed by atoms with Gasteiger partial charge in [-0.05, 0) is 59.0 Å². The quantitative estimate of drug-likeness (QED) is 0.431. The Morgan fingerprint density at radius 3 is 2.48 bits per heavy atom. The molecule has 0 saturated carbocycles. The Morgan fingerprint density at radius 1 is 1.06 bits per heavy atom. The van der Waals surface area contributed by atoms with Gasteiger partial charge in [-0.2, -0.15) is 0 Å². The van der Waals surface area contributed by atoms with Gasteiger partial charge in [-0.1, -0.05) is 75.0 Å². The lowest BCUT2D eigenvalue weighted by atomic mass is 9.84. The number of carbonyl (C=O) groups excluding carboxylic acids is 1. The van der Waals surface area contributed by atoms with E-state index < -0.39 is 0 Å². The number of amides is 1. The maximum absolute atomic E-state index is 12.4. The SMILES string of the molecule is C=CN1CCC(c2ccccc2N(C=O)c2cccc(-c3ccc(CO)cc3)c2)C1C(C)C. The predicted octanol–water partition coefficient (Wildman–Crippen LogP) is 6.10. The van der Waals surface area contributed by atoms with E-state index in [-0.39, 0.29) is 6.61 Å². The van der Waals surface area contributed by atoms with Crippen LogP contribution < -0.4 is 4.90 Å². The number of anilines is 2. The van der Waals surface area contributed by atoms with Gasteiger partial charge in [0.1, 0.15) is 0 Å². The number of hydrogen-bond acceptors (Lipinski definition) is 3. The van der Waals surface area contributed by atoms with E-state index in [1.165, 1.54) is 5.56 Å². The molecule has 0 spiro atoms. The number of para-hydroxylation sites is 1. The molecule has 2 unspecified atom stereocenters. The van der Waals surface area contributed by atoms with E-state index >= 15 is 0 Å². The zero-order valence-corrected chi connectivity index (χ0v) is 19.4. The molecular formula is C29H32N2O2. The van der Waals surface area contributed by atoms with Crippen LogP contribution in [0.15, 0.2) is 85.6 Å². The summed E-state index contributed by atoms with van der Waals surface area (Å²) < 4.78 is 0. The van der Waals surface area contributed by atoms with Crippen LogP contribution in [0.1, 0.15) is 37.3 Å². The number of aliphatic hydroxyl groups excluding tert-OH is 1. The first kappa shape index (κ1) is 22.8. The molecule has 1 saturated heterocycles. The number of likely N-dealkylation sites (tertiary alicyclic amines) is 1. The summed E-state index contributed by atoms with van der Waals surface area (Å²) in [5, 5.41) is 9.32. The Bertz CT molecular complexity index is 1110. The van der Waals surface area contributed by atoms with Gasteiger partial charge in [-0.15, -0.1) is 0 Å². The zero-order chi connectivity index (χ0) is 23.4. The lowest BCUT2D eigenvalue weighted by molar-refractivity contribution is -0.106. The highest BCUT2D eigenvalue weighted by Crippen LogP contribution is 2.42. The molecule has 0 aromatic heterocycles. The molecule has 1 N–H and O–H groups in total. The third-order valence-electron chi connectivity index (χ3n) is 6.71. The molecule has 0 bridgehead atoms. The lowest BCUT2D eigenvalue weighted by Gasteiger charge is -2.32. The summed E-state index contributed by atoms with van der Waals surface area (Å²) in [6, 6.07) is 24.5. The average molecular weight is 441 g/mol. The molecule has 2 atom stereocenters. The molecule has 4 nitrogen and oxygen atoms in total. The number of aliphatic hydroxyl groups is 1. The van der Waals surface area contributed by atoms with Gasteiger partial charge in [0.05, 0.1) is 12.3 Å². The Hall–Kier alpha value is -3.37. The molecule has 33 heavy (non-hydrogen) atoms. The molecule has 1 fully saturated rings. The van der Waals surface area contributed by atoms with Crippen LogP contribution in [0.3, 0.4) is 0 Å². The van der Waals surface area contributed by atoms with E-state index in [2.05, 4.69) is 37.5 Å². The van der Waals surface area contributed by atoms with E-state index in [4.69, 9.17) is 0 Å². The first-order valence-electron chi connectivity index (χ1n) is 11.6. The summed E-state index contributed by atoms with van der Waals surface area (Å²) in [7, 11) is 0. The second-order valence-electron chi connectivity index (χ2n) is 8.99. The smallest absolute Gasteiger partial charge is 0.218 e. The fourth-order valence-electron chi connectivity index (χ4n) is 5.15. The van der Waals surface area contributed by atoms with E-state index in [0.717, 1.165) is 47.4 Å². The van der Waals surface area contributed by atoms with Crippen molar-refractivity contribution in [2.45, 2.75) is 38.8 Å². The van der Waals surface area contributed by atoms with Crippen LogP contribution in [0.4, 0.5) is 11.4 Å². The van der Waals surface area contributed by atoms with E-state index in [0.29, 0.717) is 17.9 Å². The van der Waals surface area contributed by atoms with Gasteiger partial charge < -0.3 is 10.0 Å².